The summed E-state index contributed by atoms with van der Waals surface area (Å²) in [7, 11) is 0. The van der Waals surface area contributed by atoms with E-state index < -0.39 is 0 Å². The second-order valence-corrected chi connectivity index (χ2v) is 7.75. The van der Waals surface area contributed by atoms with E-state index in [1.165, 1.54) is 0 Å². The highest BCUT2D eigenvalue weighted by atomic mass is 16.5. The predicted octanol–water partition coefficient (Wildman–Crippen LogP) is 7.56. The Morgan fingerprint density at radius 1 is 0.677 bits per heavy atom. The molecule has 0 saturated carbocycles. The molecule has 4 heteroatoms. The van der Waals surface area contributed by atoms with Crippen molar-refractivity contribution in [3.63, 3.8) is 0 Å². The van der Waals surface area contributed by atoms with E-state index >= 15 is 0 Å². The van der Waals surface area contributed by atoms with Crippen molar-refractivity contribution < 1.29 is 9.15 Å². The van der Waals surface area contributed by atoms with Crippen molar-refractivity contribution in [2.24, 2.45) is 0 Å². The Labute approximate surface area is 176 Å². The van der Waals surface area contributed by atoms with Crippen LogP contribution in [0.25, 0.3) is 54.6 Å². The molecule has 7 rings (SSSR count). The van der Waals surface area contributed by atoms with Gasteiger partial charge in [0.05, 0.1) is 5.52 Å². The molecule has 0 bridgehead atoms. The standard InChI is InChI=1S/C27H16N2O2/c1-2-6-24-19(5-1)27-25(31-24)12-11-23-26(27)20-15-18(8-10-22(20)29-23)30-17-7-9-21-16(14-17)4-3-13-28-21/h1-15,29H. The number of para-hydroxylation sites is 1. The van der Waals surface area contributed by atoms with Crippen LogP contribution in [-0.4, -0.2) is 9.97 Å². The molecule has 146 valence electrons. The summed E-state index contributed by atoms with van der Waals surface area (Å²) in [5.74, 6) is 1.58. The maximum Gasteiger partial charge on any atom is 0.136 e. The van der Waals surface area contributed by atoms with Crippen LogP contribution in [0.2, 0.25) is 0 Å². The Bertz CT molecular complexity index is 1770. The maximum atomic E-state index is 6.23. The number of nitrogens with one attached hydrogen (secondary N) is 1. The summed E-state index contributed by atoms with van der Waals surface area (Å²) >= 11 is 0. The van der Waals surface area contributed by atoms with Gasteiger partial charge in [-0.25, -0.2) is 0 Å². The summed E-state index contributed by atoms with van der Waals surface area (Å²) in [5.41, 5.74) is 4.90. The number of fused-ring (bicyclic) bond motifs is 8. The summed E-state index contributed by atoms with van der Waals surface area (Å²) in [5, 5.41) is 5.59. The Morgan fingerprint density at radius 2 is 1.55 bits per heavy atom. The van der Waals surface area contributed by atoms with Crippen LogP contribution in [0.15, 0.2) is 95.5 Å². The molecule has 3 heterocycles. The number of aromatic nitrogens is 2. The summed E-state index contributed by atoms with van der Waals surface area (Å²) in [6.45, 7) is 0. The summed E-state index contributed by atoms with van der Waals surface area (Å²) < 4.78 is 12.3. The van der Waals surface area contributed by atoms with Gasteiger partial charge in [-0.15, -0.1) is 0 Å². The van der Waals surface area contributed by atoms with Crippen LogP contribution in [-0.2, 0) is 0 Å². The number of H-pyrrole nitrogens is 1. The largest absolute Gasteiger partial charge is 0.457 e. The van der Waals surface area contributed by atoms with Crippen molar-refractivity contribution in [1.82, 2.24) is 9.97 Å². The summed E-state index contributed by atoms with van der Waals surface area (Å²) in [6.07, 6.45) is 1.80. The predicted molar refractivity (Wildman–Crippen MR) is 125 cm³/mol. The van der Waals surface area contributed by atoms with Gasteiger partial charge in [-0.2, -0.15) is 0 Å². The van der Waals surface area contributed by atoms with Crippen molar-refractivity contribution in [2.45, 2.75) is 0 Å². The minimum atomic E-state index is 0.790. The number of benzene rings is 4. The van der Waals surface area contributed by atoms with Crippen molar-refractivity contribution in [3.05, 3.63) is 91.1 Å². The van der Waals surface area contributed by atoms with Gasteiger partial charge in [-0.05, 0) is 60.7 Å². The van der Waals surface area contributed by atoms with Gasteiger partial charge in [0.25, 0.3) is 0 Å². The number of furan rings is 1. The lowest BCUT2D eigenvalue weighted by atomic mass is 10.1. The van der Waals surface area contributed by atoms with Crippen LogP contribution in [0.1, 0.15) is 0 Å². The van der Waals surface area contributed by atoms with Crippen LogP contribution >= 0.6 is 0 Å². The fourth-order valence-corrected chi connectivity index (χ4v) is 4.50. The maximum absolute atomic E-state index is 6.23. The number of ether oxygens (including phenoxy) is 1. The molecule has 0 radical (unpaired) electrons. The molecule has 0 aliphatic rings. The molecule has 7 aromatic rings. The number of hydrogen-bond acceptors (Lipinski definition) is 3. The second kappa shape index (κ2) is 6.09. The highest BCUT2D eigenvalue weighted by Crippen LogP contribution is 2.39. The summed E-state index contributed by atoms with van der Waals surface area (Å²) in [4.78, 5) is 7.91. The number of pyridine rings is 1. The Balaban J connectivity index is 1.44. The molecule has 0 atom stereocenters. The molecule has 4 nitrogen and oxygen atoms in total. The van der Waals surface area contributed by atoms with E-state index in [9.17, 15) is 0 Å². The molecule has 0 spiro atoms. The average molecular weight is 400 g/mol. The molecule has 0 aliphatic carbocycles. The number of hydrogen-bond donors (Lipinski definition) is 1. The molecule has 0 saturated heterocycles. The molecule has 3 aromatic heterocycles. The fraction of sp³-hybridized carbons (Fsp3) is 0. The Hall–Kier alpha value is -4.31. The first kappa shape index (κ1) is 16.5. The number of nitrogens with zero attached hydrogens (tertiary/aromatic N) is 1. The quantitative estimate of drug-likeness (QED) is 0.326. The topological polar surface area (TPSA) is 51.0 Å². The van der Waals surface area contributed by atoms with E-state index in [1.54, 1.807) is 6.20 Å². The molecule has 31 heavy (non-hydrogen) atoms. The van der Waals surface area contributed by atoms with Gasteiger partial charge in [0, 0.05) is 44.2 Å². The zero-order valence-corrected chi connectivity index (χ0v) is 16.4. The normalized spacial score (nSPS) is 11.9. The first-order chi connectivity index (χ1) is 15.3. The summed E-state index contributed by atoms with van der Waals surface area (Å²) in [6, 6.07) is 28.4. The van der Waals surface area contributed by atoms with Gasteiger partial charge in [-0.1, -0.05) is 24.3 Å². The smallest absolute Gasteiger partial charge is 0.136 e. The van der Waals surface area contributed by atoms with E-state index in [0.29, 0.717) is 0 Å². The Morgan fingerprint density at radius 3 is 2.55 bits per heavy atom. The molecular weight excluding hydrogens is 384 g/mol. The van der Waals surface area contributed by atoms with E-state index in [2.05, 4.69) is 34.2 Å². The average Bonchev–Trinajstić information content (AvgIpc) is 3.36. The zero-order valence-electron chi connectivity index (χ0n) is 16.4. The lowest BCUT2D eigenvalue weighted by molar-refractivity contribution is 0.484. The minimum absolute atomic E-state index is 0.790. The zero-order chi connectivity index (χ0) is 20.4. The van der Waals surface area contributed by atoms with Crippen molar-refractivity contribution in [2.75, 3.05) is 0 Å². The minimum Gasteiger partial charge on any atom is -0.457 e. The highest BCUT2D eigenvalue weighted by molar-refractivity contribution is 6.26. The van der Waals surface area contributed by atoms with E-state index in [0.717, 1.165) is 66.1 Å². The van der Waals surface area contributed by atoms with E-state index in [1.807, 2.05) is 60.7 Å². The SMILES string of the molecule is c1cnc2ccc(Oc3ccc4[nH]c5ccc6oc7ccccc7c6c5c4c3)cc2c1. The van der Waals surface area contributed by atoms with Gasteiger partial charge >= 0.3 is 0 Å². The first-order valence-electron chi connectivity index (χ1n) is 10.2. The van der Waals surface area contributed by atoms with Gasteiger partial charge in [0.2, 0.25) is 0 Å². The lowest BCUT2D eigenvalue weighted by Gasteiger charge is -2.07. The molecule has 4 aromatic carbocycles. The van der Waals surface area contributed by atoms with Gasteiger partial charge in [0.15, 0.2) is 0 Å². The molecule has 0 aliphatic heterocycles. The molecular formula is C27H16N2O2. The van der Waals surface area contributed by atoms with Crippen molar-refractivity contribution in [1.29, 1.82) is 0 Å². The highest BCUT2D eigenvalue weighted by Gasteiger charge is 2.15. The van der Waals surface area contributed by atoms with Crippen molar-refractivity contribution in [3.8, 4) is 11.5 Å². The van der Waals surface area contributed by atoms with Gasteiger partial charge in [-0.3, -0.25) is 4.98 Å². The molecule has 0 fully saturated rings. The molecule has 0 amide bonds. The monoisotopic (exact) mass is 400 g/mol. The van der Waals surface area contributed by atoms with Gasteiger partial charge < -0.3 is 14.1 Å². The van der Waals surface area contributed by atoms with Crippen LogP contribution in [0.3, 0.4) is 0 Å². The molecule has 1 N–H and O–H groups in total. The van der Waals surface area contributed by atoms with Crippen LogP contribution in [0.5, 0.6) is 11.5 Å². The third kappa shape index (κ3) is 2.45. The number of rotatable bonds is 2. The first-order valence-corrected chi connectivity index (χ1v) is 10.2. The van der Waals surface area contributed by atoms with Crippen LogP contribution in [0.4, 0.5) is 0 Å². The third-order valence-electron chi connectivity index (χ3n) is 5.88. The van der Waals surface area contributed by atoms with E-state index in [4.69, 9.17) is 9.15 Å². The lowest BCUT2D eigenvalue weighted by Crippen LogP contribution is -1.85. The van der Waals surface area contributed by atoms with Crippen molar-refractivity contribution >= 4 is 54.6 Å². The second-order valence-electron chi connectivity index (χ2n) is 7.75. The van der Waals surface area contributed by atoms with Crippen LogP contribution in [0, 0.1) is 0 Å². The number of aromatic amines is 1. The van der Waals surface area contributed by atoms with Crippen LogP contribution < -0.4 is 4.74 Å². The van der Waals surface area contributed by atoms with E-state index in [-0.39, 0.29) is 0 Å². The Kier molecular flexibility index (Phi) is 3.24. The third-order valence-corrected chi connectivity index (χ3v) is 5.88. The fourth-order valence-electron chi connectivity index (χ4n) is 4.50. The van der Waals surface area contributed by atoms with Gasteiger partial charge in [0.1, 0.15) is 22.7 Å². The molecule has 0 unspecified atom stereocenters.